The Morgan fingerprint density at radius 3 is 2.56 bits per heavy atom. The summed E-state index contributed by atoms with van der Waals surface area (Å²) in [5.41, 5.74) is 0.680. The van der Waals surface area contributed by atoms with Gasteiger partial charge < -0.3 is 20.4 Å². The predicted molar refractivity (Wildman–Crippen MR) is 109 cm³/mol. The third-order valence-electron chi connectivity index (χ3n) is 4.37. The number of hydrogen-bond acceptors (Lipinski definition) is 4. The van der Waals surface area contributed by atoms with Crippen LogP contribution in [0.15, 0.2) is 53.1 Å². The Hall–Kier alpha value is -2.61. The van der Waals surface area contributed by atoms with E-state index in [2.05, 4.69) is 36.4 Å². The van der Waals surface area contributed by atoms with Gasteiger partial charge in [-0.2, -0.15) is 0 Å². The summed E-state index contributed by atoms with van der Waals surface area (Å²) < 4.78 is 0.878. The van der Waals surface area contributed by atoms with E-state index in [1.54, 1.807) is 24.1 Å². The maximum atomic E-state index is 12.5. The Kier molecular flexibility index (Phi) is 6.28. The molecule has 0 saturated carbocycles. The summed E-state index contributed by atoms with van der Waals surface area (Å²) in [5.74, 6) is 0.660. The molecule has 7 nitrogen and oxygen atoms in total. The molecule has 1 atom stereocenters. The topological polar surface area (TPSA) is 77.6 Å². The van der Waals surface area contributed by atoms with Crippen LogP contribution in [-0.2, 0) is 4.79 Å². The number of aromatic nitrogens is 1. The maximum absolute atomic E-state index is 12.5. The van der Waals surface area contributed by atoms with Gasteiger partial charge >= 0.3 is 6.03 Å². The molecule has 1 aromatic heterocycles. The van der Waals surface area contributed by atoms with Crippen molar-refractivity contribution in [1.82, 2.24) is 15.2 Å². The number of amides is 3. The number of carbonyl (C=O) groups is 2. The van der Waals surface area contributed by atoms with E-state index in [4.69, 9.17) is 0 Å². The molecule has 0 radical (unpaired) electrons. The molecule has 1 aromatic carbocycles. The lowest BCUT2D eigenvalue weighted by Crippen LogP contribution is -2.54. The summed E-state index contributed by atoms with van der Waals surface area (Å²) in [4.78, 5) is 33.0. The van der Waals surface area contributed by atoms with Gasteiger partial charge in [0.1, 0.15) is 11.9 Å². The molecule has 8 heteroatoms. The summed E-state index contributed by atoms with van der Waals surface area (Å²) in [7, 11) is 0. The number of halogens is 1. The predicted octanol–water partition coefficient (Wildman–Crippen LogP) is 2.70. The van der Waals surface area contributed by atoms with Crippen molar-refractivity contribution in [1.29, 1.82) is 0 Å². The summed E-state index contributed by atoms with van der Waals surface area (Å²) in [5, 5.41) is 5.57. The Morgan fingerprint density at radius 1 is 1.11 bits per heavy atom. The average Bonchev–Trinajstić information content (AvgIpc) is 2.68. The van der Waals surface area contributed by atoms with Gasteiger partial charge in [0.05, 0.1) is 0 Å². The van der Waals surface area contributed by atoms with Gasteiger partial charge in [0.15, 0.2) is 0 Å². The first-order chi connectivity index (χ1) is 13.0. The number of carbonyl (C=O) groups excluding carboxylic acids is 2. The van der Waals surface area contributed by atoms with Crippen molar-refractivity contribution in [3.63, 3.8) is 0 Å². The van der Waals surface area contributed by atoms with E-state index in [-0.39, 0.29) is 11.9 Å². The fraction of sp³-hybridized carbons (Fsp3) is 0.316. The van der Waals surface area contributed by atoms with Gasteiger partial charge in [-0.15, -0.1) is 0 Å². The quantitative estimate of drug-likeness (QED) is 0.779. The fourth-order valence-electron chi connectivity index (χ4n) is 2.84. The van der Waals surface area contributed by atoms with E-state index in [0.717, 1.165) is 10.3 Å². The van der Waals surface area contributed by atoms with Gasteiger partial charge in [0, 0.05) is 42.5 Å². The van der Waals surface area contributed by atoms with Crippen molar-refractivity contribution in [3.8, 4) is 0 Å². The van der Waals surface area contributed by atoms with Crippen molar-refractivity contribution in [3.05, 3.63) is 53.1 Å². The van der Waals surface area contributed by atoms with Gasteiger partial charge in [-0.3, -0.25) is 4.79 Å². The molecule has 1 aliphatic rings. The number of anilines is 2. The van der Waals surface area contributed by atoms with Crippen molar-refractivity contribution in [2.45, 2.75) is 13.0 Å². The second-order valence-electron chi connectivity index (χ2n) is 6.33. The Balaban J connectivity index is 1.48. The normalized spacial score (nSPS) is 15.2. The minimum absolute atomic E-state index is 0.229. The van der Waals surface area contributed by atoms with Crippen molar-refractivity contribution in [2.75, 3.05) is 36.4 Å². The van der Waals surface area contributed by atoms with Crippen LogP contribution in [0.2, 0.25) is 0 Å². The summed E-state index contributed by atoms with van der Waals surface area (Å²) in [6.45, 7) is 4.27. The molecule has 1 fully saturated rings. The van der Waals surface area contributed by atoms with Crippen LogP contribution in [0.4, 0.5) is 16.3 Å². The molecule has 142 valence electrons. The molecule has 3 rings (SSSR count). The van der Waals surface area contributed by atoms with E-state index in [9.17, 15) is 9.59 Å². The molecule has 1 saturated heterocycles. The van der Waals surface area contributed by atoms with Crippen molar-refractivity contribution in [2.24, 2.45) is 0 Å². The zero-order valence-corrected chi connectivity index (χ0v) is 16.6. The van der Waals surface area contributed by atoms with Crippen LogP contribution < -0.4 is 15.5 Å². The third-order valence-corrected chi connectivity index (χ3v) is 4.86. The minimum atomic E-state index is -0.634. The highest BCUT2D eigenvalue weighted by atomic mass is 79.9. The highest BCUT2D eigenvalue weighted by Gasteiger charge is 2.24. The molecular formula is C19H22BrN5O2. The highest BCUT2D eigenvalue weighted by molar-refractivity contribution is 9.10. The van der Waals surface area contributed by atoms with Crippen LogP contribution >= 0.6 is 15.9 Å². The van der Waals surface area contributed by atoms with E-state index in [1.807, 2.05) is 36.4 Å². The second-order valence-corrected chi connectivity index (χ2v) is 7.25. The molecule has 27 heavy (non-hydrogen) atoms. The second kappa shape index (κ2) is 8.85. The standard InChI is InChI=1S/C19H22BrN5O2/c1-14(18(26)23-16-6-4-5-15(20)13-16)22-19(27)25-11-9-24(10-12-25)17-7-2-3-8-21-17/h2-8,13-14H,9-12H2,1H3,(H,22,27)(H,23,26)/t14-/m1/s1. The summed E-state index contributed by atoms with van der Waals surface area (Å²) in [6.07, 6.45) is 1.76. The monoisotopic (exact) mass is 431 g/mol. The molecule has 1 aliphatic heterocycles. The fourth-order valence-corrected chi connectivity index (χ4v) is 3.24. The number of piperazine rings is 1. The maximum Gasteiger partial charge on any atom is 0.318 e. The molecule has 0 spiro atoms. The van der Waals surface area contributed by atoms with Gasteiger partial charge in [0.25, 0.3) is 0 Å². The number of hydrogen-bond donors (Lipinski definition) is 2. The summed E-state index contributed by atoms with van der Waals surface area (Å²) >= 11 is 3.37. The van der Waals surface area contributed by atoms with E-state index >= 15 is 0 Å². The molecule has 0 bridgehead atoms. The van der Waals surface area contributed by atoms with Gasteiger partial charge in [-0.25, -0.2) is 9.78 Å². The van der Waals surface area contributed by atoms with Crippen LogP contribution in [0.3, 0.4) is 0 Å². The number of pyridine rings is 1. The SMILES string of the molecule is C[C@@H](NC(=O)N1CCN(c2ccccn2)CC1)C(=O)Nc1cccc(Br)c1. The van der Waals surface area contributed by atoms with Crippen molar-refractivity contribution < 1.29 is 9.59 Å². The molecule has 0 aliphatic carbocycles. The van der Waals surface area contributed by atoms with Crippen LogP contribution in [0.1, 0.15) is 6.92 Å². The number of nitrogens with zero attached hydrogens (tertiary/aromatic N) is 3. The van der Waals surface area contributed by atoms with Gasteiger partial charge in [0.2, 0.25) is 5.91 Å². The molecule has 2 aromatic rings. The molecule has 3 amide bonds. The van der Waals surface area contributed by atoms with Gasteiger partial charge in [-0.05, 0) is 37.3 Å². The molecule has 0 unspecified atom stereocenters. The lowest BCUT2D eigenvalue weighted by Gasteiger charge is -2.35. The smallest absolute Gasteiger partial charge is 0.318 e. The number of benzene rings is 1. The molecule has 2 heterocycles. The van der Waals surface area contributed by atoms with E-state index < -0.39 is 6.04 Å². The Bertz CT molecular complexity index is 794. The largest absolute Gasteiger partial charge is 0.353 e. The van der Waals surface area contributed by atoms with Crippen LogP contribution in [0.25, 0.3) is 0 Å². The van der Waals surface area contributed by atoms with E-state index in [1.165, 1.54) is 0 Å². The van der Waals surface area contributed by atoms with Crippen LogP contribution in [-0.4, -0.2) is 54.0 Å². The molecule has 2 N–H and O–H groups in total. The van der Waals surface area contributed by atoms with Gasteiger partial charge in [-0.1, -0.05) is 28.1 Å². The zero-order valence-electron chi connectivity index (χ0n) is 15.1. The lowest BCUT2D eigenvalue weighted by atomic mass is 10.2. The number of urea groups is 1. The van der Waals surface area contributed by atoms with E-state index in [0.29, 0.717) is 31.9 Å². The first kappa shape index (κ1) is 19.2. The minimum Gasteiger partial charge on any atom is -0.353 e. The van der Waals surface area contributed by atoms with Crippen molar-refractivity contribution >= 4 is 39.4 Å². The molecular weight excluding hydrogens is 410 g/mol. The Morgan fingerprint density at radius 2 is 1.89 bits per heavy atom. The first-order valence-corrected chi connectivity index (χ1v) is 9.60. The van der Waals surface area contributed by atoms with Crippen LogP contribution in [0, 0.1) is 0 Å². The first-order valence-electron chi connectivity index (χ1n) is 8.81. The third kappa shape index (κ3) is 5.19. The highest BCUT2D eigenvalue weighted by Crippen LogP contribution is 2.16. The lowest BCUT2D eigenvalue weighted by molar-refractivity contribution is -0.117. The number of rotatable bonds is 4. The summed E-state index contributed by atoms with van der Waals surface area (Å²) in [6, 6.07) is 12.3. The Labute approximate surface area is 166 Å². The zero-order chi connectivity index (χ0) is 19.2. The number of nitrogens with one attached hydrogen (secondary N) is 2. The van der Waals surface area contributed by atoms with Crippen LogP contribution in [0.5, 0.6) is 0 Å². The average molecular weight is 432 g/mol.